The second-order valence-corrected chi connectivity index (χ2v) is 4.73. The predicted octanol–water partition coefficient (Wildman–Crippen LogP) is 2.32. The van der Waals surface area contributed by atoms with E-state index in [1.807, 2.05) is 4.68 Å². The zero-order chi connectivity index (χ0) is 11.7. The Morgan fingerprint density at radius 2 is 2.53 bits per heavy atom. The van der Waals surface area contributed by atoms with Crippen LogP contribution in [0.5, 0.6) is 0 Å². The van der Waals surface area contributed by atoms with Gasteiger partial charge < -0.3 is 4.74 Å². The van der Waals surface area contributed by atoms with E-state index in [1.165, 1.54) is 11.3 Å². The van der Waals surface area contributed by atoms with Gasteiger partial charge in [0, 0.05) is 28.6 Å². The number of hydrogen-bond donors (Lipinski definition) is 0. The molecular formula is C13H12N2OS. The second-order valence-electron chi connectivity index (χ2n) is 3.95. The summed E-state index contributed by atoms with van der Waals surface area (Å²) in [4.78, 5) is 0. The Balaban J connectivity index is 2.13. The van der Waals surface area contributed by atoms with Crippen LogP contribution in [0.15, 0.2) is 16.8 Å². The summed E-state index contributed by atoms with van der Waals surface area (Å²) in [6.07, 6.45) is 6.28. The average Bonchev–Trinajstić information content (AvgIpc) is 2.97. The molecule has 2 aromatic rings. The molecule has 3 rings (SSSR count). The lowest BCUT2D eigenvalue weighted by atomic mass is 10.1. The summed E-state index contributed by atoms with van der Waals surface area (Å²) in [5.74, 6) is 2.65. The molecular weight excluding hydrogens is 232 g/mol. The number of ether oxygens (including phenoxy) is 1. The summed E-state index contributed by atoms with van der Waals surface area (Å²) in [7, 11) is 0. The Morgan fingerprint density at radius 1 is 1.59 bits per heavy atom. The van der Waals surface area contributed by atoms with Gasteiger partial charge in [0.25, 0.3) is 0 Å². The van der Waals surface area contributed by atoms with Crippen molar-refractivity contribution in [3.8, 4) is 23.6 Å². The van der Waals surface area contributed by atoms with E-state index in [2.05, 4.69) is 27.8 Å². The fourth-order valence-corrected chi connectivity index (χ4v) is 2.80. The number of nitrogens with zero attached hydrogens (tertiary/aromatic N) is 2. The van der Waals surface area contributed by atoms with Crippen molar-refractivity contribution in [2.45, 2.75) is 19.6 Å². The van der Waals surface area contributed by atoms with Crippen molar-refractivity contribution in [3.63, 3.8) is 0 Å². The maximum atomic E-state index is 5.52. The molecule has 0 spiro atoms. The average molecular weight is 244 g/mol. The van der Waals surface area contributed by atoms with Crippen molar-refractivity contribution in [2.24, 2.45) is 0 Å². The van der Waals surface area contributed by atoms with Crippen molar-refractivity contribution in [1.29, 1.82) is 0 Å². The van der Waals surface area contributed by atoms with E-state index in [0.29, 0.717) is 13.2 Å². The highest BCUT2D eigenvalue weighted by Crippen LogP contribution is 2.30. The van der Waals surface area contributed by atoms with Gasteiger partial charge in [-0.15, -0.1) is 6.42 Å². The van der Waals surface area contributed by atoms with Crippen molar-refractivity contribution in [2.75, 3.05) is 6.61 Å². The van der Waals surface area contributed by atoms with Gasteiger partial charge in [-0.3, -0.25) is 4.68 Å². The van der Waals surface area contributed by atoms with Gasteiger partial charge in [0.1, 0.15) is 6.54 Å². The van der Waals surface area contributed by atoms with Crippen LogP contribution in [-0.2, 0) is 24.3 Å². The molecule has 4 heteroatoms. The predicted molar refractivity (Wildman–Crippen MR) is 67.7 cm³/mol. The third kappa shape index (κ3) is 1.78. The highest BCUT2D eigenvalue weighted by molar-refractivity contribution is 7.08. The van der Waals surface area contributed by atoms with Gasteiger partial charge in [-0.25, -0.2) is 0 Å². The molecule has 0 radical (unpaired) electrons. The van der Waals surface area contributed by atoms with Crippen molar-refractivity contribution >= 4 is 11.3 Å². The number of hydrogen-bond acceptors (Lipinski definition) is 3. The van der Waals surface area contributed by atoms with E-state index >= 15 is 0 Å². The molecule has 0 unspecified atom stereocenters. The Kier molecular flexibility index (Phi) is 2.71. The summed E-state index contributed by atoms with van der Waals surface area (Å²) in [6.45, 7) is 1.93. The summed E-state index contributed by atoms with van der Waals surface area (Å²) < 4.78 is 7.46. The van der Waals surface area contributed by atoms with Crippen LogP contribution in [0.1, 0.15) is 11.3 Å². The van der Waals surface area contributed by atoms with E-state index in [-0.39, 0.29) is 0 Å². The number of aromatic nitrogens is 2. The minimum Gasteiger partial charge on any atom is -0.376 e. The summed E-state index contributed by atoms with van der Waals surface area (Å²) in [6, 6.07) is 2.09. The van der Waals surface area contributed by atoms with Crippen molar-refractivity contribution in [3.05, 3.63) is 28.1 Å². The highest BCUT2D eigenvalue weighted by Gasteiger charge is 2.21. The quantitative estimate of drug-likeness (QED) is 0.758. The highest BCUT2D eigenvalue weighted by atomic mass is 32.1. The maximum Gasteiger partial charge on any atom is 0.102 e. The fourth-order valence-electron chi connectivity index (χ4n) is 2.16. The molecule has 2 aromatic heterocycles. The Labute approximate surface area is 104 Å². The molecule has 17 heavy (non-hydrogen) atoms. The monoisotopic (exact) mass is 244 g/mol. The Morgan fingerprint density at radius 3 is 3.29 bits per heavy atom. The van der Waals surface area contributed by atoms with Crippen LogP contribution in [-0.4, -0.2) is 16.4 Å². The first-order valence-corrected chi connectivity index (χ1v) is 6.47. The number of thiophene rings is 1. The van der Waals surface area contributed by atoms with Crippen LogP contribution >= 0.6 is 11.3 Å². The first-order valence-electron chi connectivity index (χ1n) is 5.52. The molecule has 0 N–H and O–H groups in total. The minimum absolute atomic E-state index is 0.534. The molecule has 0 saturated heterocycles. The SMILES string of the molecule is C#CCn1nc(-c2ccsc2)c2c1CCOC2. The molecule has 0 saturated carbocycles. The maximum absolute atomic E-state index is 5.52. The zero-order valence-corrected chi connectivity index (χ0v) is 10.2. The molecule has 1 aliphatic heterocycles. The first kappa shape index (κ1) is 10.6. The lowest BCUT2D eigenvalue weighted by Crippen LogP contribution is -2.13. The molecule has 1 aliphatic rings. The van der Waals surface area contributed by atoms with Crippen LogP contribution in [0.2, 0.25) is 0 Å². The topological polar surface area (TPSA) is 27.1 Å². The van der Waals surface area contributed by atoms with E-state index in [4.69, 9.17) is 11.2 Å². The van der Waals surface area contributed by atoms with Crippen LogP contribution in [0.3, 0.4) is 0 Å². The molecule has 3 nitrogen and oxygen atoms in total. The summed E-state index contributed by atoms with van der Waals surface area (Å²) >= 11 is 1.68. The molecule has 0 aromatic carbocycles. The second kappa shape index (κ2) is 4.36. The third-order valence-electron chi connectivity index (χ3n) is 2.93. The molecule has 86 valence electrons. The lowest BCUT2D eigenvalue weighted by Gasteiger charge is -2.14. The number of fused-ring (bicyclic) bond motifs is 1. The summed E-state index contributed by atoms with van der Waals surface area (Å²) in [5, 5.41) is 8.79. The third-order valence-corrected chi connectivity index (χ3v) is 3.61. The van der Waals surface area contributed by atoms with Gasteiger partial charge >= 0.3 is 0 Å². The van der Waals surface area contributed by atoms with Gasteiger partial charge in [-0.2, -0.15) is 16.4 Å². The lowest BCUT2D eigenvalue weighted by molar-refractivity contribution is 0.109. The largest absolute Gasteiger partial charge is 0.376 e. The fraction of sp³-hybridized carbons (Fsp3) is 0.308. The van der Waals surface area contributed by atoms with Crippen LogP contribution in [0.4, 0.5) is 0 Å². The van der Waals surface area contributed by atoms with E-state index in [0.717, 1.165) is 24.3 Å². The Hall–Kier alpha value is -1.57. The van der Waals surface area contributed by atoms with E-state index < -0.39 is 0 Å². The van der Waals surface area contributed by atoms with Gasteiger partial charge in [0.05, 0.1) is 18.9 Å². The van der Waals surface area contributed by atoms with Gasteiger partial charge in [-0.1, -0.05) is 5.92 Å². The molecule has 0 aliphatic carbocycles. The van der Waals surface area contributed by atoms with E-state index in [1.54, 1.807) is 11.3 Å². The molecule has 0 atom stereocenters. The van der Waals surface area contributed by atoms with Crippen LogP contribution in [0, 0.1) is 12.3 Å². The molecule has 0 bridgehead atoms. The van der Waals surface area contributed by atoms with E-state index in [9.17, 15) is 0 Å². The van der Waals surface area contributed by atoms with Gasteiger partial charge in [0.15, 0.2) is 0 Å². The summed E-state index contributed by atoms with van der Waals surface area (Å²) in [5.41, 5.74) is 4.61. The molecule has 0 fully saturated rings. The van der Waals surface area contributed by atoms with Crippen LogP contribution in [0.25, 0.3) is 11.3 Å². The zero-order valence-electron chi connectivity index (χ0n) is 9.35. The minimum atomic E-state index is 0.534. The van der Waals surface area contributed by atoms with Gasteiger partial charge in [-0.05, 0) is 11.4 Å². The normalized spacial score (nSPS) is 14.3. The van der Waals surface area contributed by atoms with Crippen LogP contribution < -0.4 is 0 Å². The number of rotatable bonds is 2. The molecule has 0 amide bonds. The standard InChI is InChI=1S/C13H12N2OS/c1-2-5-15-12-3-6-16-8-11(12)13(14-15)10-4-7-17-9-10/h1,4,7,9H,3,5-6,8H2. The molecule has 3 heterocycles. The van der Waals surface area contributed by atoms with Crippen molar-refractivity contribution in [1.82, 2.24) is 9.78 Å². The van der Waals surface area contributed by atoms with Crippen molar-refractivity contribution < 1.29 is 4.74 Å². The number of terminal acetylenes is 1. The first-order chi connectivity index (χ1) is 8.40. The van der Waals surface area contributed by atoms with Gasteiger partial charge in [0.2, 0.25) is 0 Å². The smallest absolute Gasteiger partial charge is 0.102 e. The Bertz CT molecular complexity index is 563.